The van der Waals surface area contributed by atoms with E-state index in [1.54, 1.807) is 0 Å². The molecule has 0 spiro atoms. The second-order valence-electron chi connectivity index (χ2n) is 5.25. The zero-order valence-electron chi connectivity index (χ0n) is 9.13. The molecule has 0 radical (unpaired) electrons. The molecule has 14 heavy (non-hydrogen) atoms. The van der Waals surface area contributed by atoms with Crippen LogP contribution in [0.2, 0.25) is 0 Å². The predicted molar refractivity (Wildman–Crippen MR) is 58.2 cm³/mol. The van der Waals surface area contributed by atoms with E-state index in [2.05, 4.69) is 0 Å². The summed E-state index contributed by atoms with van der Waals surface area (Å²) in [5, 5.41) is 0. The van der Waals surface area contributed by atoms with Crippen LogP contribution in [0.1, 0.15) is 64.2 Å². The lowest BCUT2D eigenvalue weighted by molar-refractivity contribution is -0.122. The van der Waals surface area contributed by atoms with Gasteiger partial charge in [-0.1, -0.05) is 38.5 Å². The molecule has 0 heterocycles. The summed E-state index contributed by atoms with van der Waals surface area (Å²) in [7, 11) is 0. The molecule has 1 heteroatoms. The van der Waals surface area contributed by atoms with Gasteiger partial charge in [0.1, 0.15) is 6.29 Å². The highest BCUT2D eigenvalue weighted by Gasteiger charge is 2.39. The SMILES string of the molecule is O=CC1(C2CCCCC2)CCCCC1. The quantitative estimate of drug-likeness (QED) is 0.612. The zero-order chi connectivity index (χ0) is 9.86. The Bertz CT molecular complexity index is 185. The van der Waals surface area contributed by atoms with Crippen LogP contribution in [0, 0.1) is 11.3 Å². The summed E-state index contributed by atoms with van der Waals surface area (Å²) in [6.45, 7) is 0. The minimum Gasteiger partial charge on any atom is -0.303 e. The first-order chi connectivity index (χ1) is 6.87. The Morgan fingerprint density at radius 3 is 2.00 bits per heavy atom. The lowest BCUT2D eigenvalue weighted by Crippen LogP contribution is -2.35. The molecule has 0 bridgehead atoms. The normalized spacial score (nSPS) is 28.6. The molecule has 0 saturated heterocycles. The van der Waals surface area contributed by atoms with Crippen molar-refractivity contribution in [1.29, 1.82) is 0 Å². The summed E-state index contributed by atoms with van der Waals surface area (Å²) in [5.41, 5.74) is 0.110. The highest BCUT2D eigenvalue weighted by Crippen LogP contribution is 2.46. The lowest BCUT2D eigenvalue weighted by atomic mass is 9.62. The van der Waals surface area contributed by atoms with Gasteiger partial charge in [-0.2, -0.15) is 0 Å². The van der Waals surface area contributed by atoms with E-state index in [1.807, 2.05) is 0 Å². The minimum atomic E-state index is 0.110. The van der Waals surface area contributed by atoms with Crippen LogP contribution in [0.3, 0.4) is 0 Å². The Morgan fingerprint density at radius 2 is 1.43 bits per heavy atom. The number of carbonyl (C=O) groups is 1. The summed E-state index contributed by atoms with van der Waals surface area (Å²) in [6.07, 6.45) is 14.4. The van der Waals surface area contributed by atoms with Gasteiger partial charge in [0.2, 0.25) is 0 Å². The second kappa shape index (κ2) is 4.46. The molecule has 1 nitrogen and oxygen atoms in total. The topological polar surface area (TPSA) is 17.1 Å². The first-order valence-electron chi connectivity index (χ1n) is 6.34. The van der Waals surface area contributed by atoms with Crippen LogP contribution in [0.15, 0.2) is 0 Å². The third-order valence-corrected chi connectivity index (χ3v) is 4.44. The van der Waals surface area contributed by atoms with Crippen LogP contribution < -0.4 is 0 Å². The maximum Gasteiger partial charge on any atom is 0.126 e. The monoisotopic (exact) mass is 194 g/mol. The van der Waals surface area contributed by atoms with Crippen LogP contribution in [-0.2, 0) is 4.79 Å². The third-order valence-electron chi connectivity index (χ3n) is 4.44. The maximum absolute atomic E-state index is 11.4. The van der Waals surface area contributed by atoms with Crippen molar-refractivity contribution >= 4 is 6.29 Å². The van der Waals surface area contributed by atoms with Gasteiger partial charge < -0.3 is 4.79 Å². The van der Waals surface area contributed by atoms with Gasteiger partial charge in [0.05, 0.1) is 0 Å². The molecule has 0 aromatic carbocycles. The number of hydrogen-bond donors (Lipinski definition) is 0. The van der Waals surface area contributed by atoms with Crippen molar-refractivity contribution in [3.63, 3.8) is 0 Å². The van der Waals surface area contributed by atoms with Gasteiger partial charge >= 0.3 is 0 Å². The summed E-state index contributed by atoms with van der Waals surface area (Å²) < 4.78 is 0. The van der Waals surface area contributed by atoms with E-state index in [4.69, 9.17) is 0 Å². The lowest BCUT2D eigenvalue weighted by Gasteiger charge is -2.41. The average Bonchev–Trinajstić information content (AvgIpc) is 2.31. The predicted octanol–water partition coefficient (Wildman–Crippen LogP) is 3.72. The highest BCUT2D eigenvalue weighted by molar-refractivity contribution is 5.60. The van der Waals surface area contributed by atoms with Crippen LogP contribution >= 0.6 is 0 Å². The van der Waals surface area contributed by atoms with Crippen LogP contribution in [-0.4, -0.2) is 6.29 Å². The fourth-order valence-electron chi connectivity index (χ4n) is 3.51. The molecular weight excluding hydrogens is 172 g/mol. The van der Waals surface area contributed by atoms with E-state index in [0.717, 1.165) is 5.92 Å². The van der Waals surface area contributed by atoms with Gasteiger partial charge in [-0.15, -0.1) is 0 Å². The van der Waals surface area contributed by atoms with E-state index >= 15 is 0 Å². The first kappa shape index (κ1) is 10.2. The van der Waals surface area contributed by atoms with Gasteiger partial charge in [-0.3, -0.25) is 0 Å². The smallest absolute Gasteiger partial charge is 0.126 e. The van der Waals surface area contributed by atoms with Gasteiger partial charge in [0.25, 0.3) is 0 Å². The number of rotatable bonds is 2. The van der Waals surface area contributed by atoms with Crippen molar-refractivity contribution in [2.75, 3.05) is 0 Å². The number of hydrogen-bond acceptors (Lipinski definition) is 1. The summed E-state index contributed by atoms with van der Waals surface area (Å²) >= 11 is 0. The first-order valence-corrected chi connectivity index (χ1v) is 6.34. The van der Waals surface area contributed by atoms with Gasteiger partial charge in [0, 0.05) is 5.41 Å². The Kier molecular flexibility index (Phi) is 3.25. The molecule has 2 aliphatic rings. The van der Waals surface area contributed by atoms with Gasteiger partial charge in [-0.05, 0) is 31.6 Å². The van der Waals surface area contributed by atoms with Crippen LogP contribution in [0.25, 0.3) is 0 Å². The summed E-state index contributed by atoms with van der Waals surface area (Å²) in [5.74, 6) is 0.731. The third kappa shape index (κ3) is 1.87. The molecular formula is C13H22O. The molecule has 0 atom stereocenters. The Hall–Kier alpha value is -0.330. The van der Waals surface area contributed by atoms with E-state index in [0.29, 0.717) is 0 Å². The zero-order valence-corrected chi connectivity index (χ0v) is 9.13. The Morgan fingerprint density at radius 1 is 0.857 bits per heavy atom. The molecule has 0 aromatic rings. The van der Waals surface area contributed by atoms with Crippen LogP contribution in [0.5, 0.6) is 0 Å². The van der Waals surface area contributed by atoms with Gasteiger partial charge in [-0.25, -0.2) is 0 Å². The van der Waals surface area contributed by atoms with Crippen molar-refractivity contribution in [2.45, 2.75) is 64.2 Å². The standard InChI is InChI=1S/C13H22O/c14-11-13(9-5-2-6-10-13)12-7-3-1-4-8-12/h11-12H,1-10H2. The largest absolute Gasteiger partial charge is 0.303 e. The van der Waals surface area contributed by atoms with E-state index < -0.39 is 0 Å². The minimum absolute atomic E-state index is 0.110. The fourth-order valence-corrected chi connectivity index (χ4v) is 3.51. The molecule has 2 rings (SSSR count). The molecule has 80 valence electrons. The van der Waals surface area contributed by atoms with Gasteiger partial charge in [0.15, 0.2) is 0 Å². The van der Waals surface area contributed by atoms with E-state index in [-0.39, 0.29) is 5.41 Å². The molecule has 2 aliphatic carbocycles. The molecule has 0 aliphatic heterocycles. The van der Waals surface area contributed by atoms with Crippen molar-refractivity contribution in [2.24, 2.45) is 11.3 Å². The summed E-state index contributed by atoms with van der Waals surface area (Å²) in [6, 6.07) is 0. The Labute approximate surface area is 87.3 Å². The molecule has 2 fully saturated rings. The van der Waals surface area contributed by atoms with Crippen molar-refractivity contribution in [1.82, 2.24) is 0 Å². The fraction of sp³-hybridized carbons (Fsp3) is 0.923. The molecule has 0 unspecified atom stereocenters. The molecule has 2 saturated carbocycles. The summed E-state index contributed by atoms with van der Waals surface area (Å²) in [4.78, 5) is 11.4. The number of carbonyl (C=O) groups excluding carboxylic acids is 1. The van der Waals surface area contributed by atoms with Crippen molar-refractivity contribution in [3.05, 3.63) is 0 Å². The average molecular weight is 194 g/mol. The molecule has 0 amide bonds. The molecule has 0 N–H and O–H groups in total. The van der Waals surface area contributed by atoms with E-state index in [9.17, 15) is 4.79 Å². The second-order valence-corrected chi connectivity index (χ2v) is 5.25. The number of aldehydes is 1. The van der Waals surface area contributed by atoms with Crippen molar-refractivity contribution in [3.8, 4) is 0 Å². The molecule has 0 aromatic heterocycles. The van der Waals surface area contributed by atoms with E-state index in [1.165, 1.54) is 70.5 Å². The maximum atomic E-state index is 11.4. The highest BCUT2D eigenvalue weighted by atomic mass is 16.1. The Balaban J connectivity index is 2.04. The van der Waals surface area contributed by atoms with Crippen molar-refractivity contribution < 1.29 is 4.79 Å². The van der Waals surface area contributed by atoms with Crippen LogP contribution in [0.4, 0.5) is 0 Å².